The molecule has 0 radical (unpaired) electrons. The maximum absolute atomic E-state index is 13.6. The van der Waals surface area contributed by atoms with E-state index >= 15 is 0 Å². The van der Waals surface area contributed by atoms with Crippen molar-refractivity contribution in [2.45, 2.75) is 25.5 Å². The number of halogens is 1. The van der Waals surface area contributed by atoms with Gasteiger partial charge in [0.1, 0.15) is 5.82 Å². The minimum absolute atomic E-state index is 0.169. The van der Waals surface area contributed by atoms with Crippen molar-refractivity contribution in [2.24, 2.45) is 0 Å². The molecular formula is C19H19FN4OS. The van der Waals surface area contributed by atoms with Gasteiger partial charge in [0.15, 0.2) is 11.0 Å². The Bertz CT molecular complexity index is 911. The van der Waals surface area contributed by atoms with Crippen molar-refractivity contribution >= 4 is 23.4 Å². The number of benzene rings is 2. The van der Waals surface area contributed by atoms with Crippen LogP contribution < -0.4 is 5.32 Å². The van der Waals surface area contributed by atoms with Gasteiger partial charge in [-0.05, 0) is 31.5 Å². The maximum Gasteiger partial charge on any atom is 0.234 e. The number of nitrogens with one attached hydrogen (secondary N) is 1. The van der Waals surface area contributed by atoms with Crippen molar-refractivity contribution in [2.75, 3.05) is 11.1 Å². The summed E-state index contributed by atoms with van der Waals surface area (Å²) in [5.41, 5.74) is 1.97. The van der Waals surface area contributed by atoms with Crippen LogP contribution in [0.4, 0.5) is 10.1 Å². The van der Waals surface area contributed by atoms with E-state index < -0.39 is 0 Å². The predicted octanol–water partition coefficient (Wildman–Crippen LogP) is 4.14. The molecule has 0 aliphatic rings. The number of aromatic nitrogens is 3. The topological polar surface area (TPSA) is 59.8 Å². The fraction of sp³-hybridized carbons (Fsp3) is 0.211. The molecule has 1 amide bonds. The van der Waals surface area contributed by atoms with Gasteiger partial charge in [-0.15, -0.1) is 10.2 Å². The Kier molecular flexibility index (Phi) is 5.68. The molecule has 3 aromatic rings. The predicted molar refractivity (Wildman–Crippen MR) is 102 cm³/mol. The molecule has 0 atom stereocenters. The first-order chi connectivity index (χ1) is 12.6. The third-order valence-corrected chi connectivity index (χ3v) is 4.82. The summed E-state index contributed by atoms with van der Waals surface area (Å²) in [5.74, 6) is 0.387. The summed E-state index contributed by atoms with van der Waals surface area (Å²) < 4.78 is 15.5. The van der Waals surface area contributed by atoms with E-state index in [1.165, 1.54) is 17.8 Å². The smallest absolute Gasteiger partial charge is 0.234 e. The highest BCUT2D eigenvalue weighted by molar-refractivity contribution is 7.99. The monoisotopic (exact) mass is 370 g/mol. The van der Waals surface area contributed by atoms with Gasteiger partial charge in [0, 0.05) is 17.8 Å². The lowest BCUT2D eigenvalue weighted by Crippen LogP contribution is -2.15. The molecule has 5 nitrogen and oxygen atoms in total. The summed E-state index contributed by atoms with van der Waals surface area (Å²) in [7, 11) is 0. The summed E-state index contributed by atoms with van der Waals surface area (Å²) in [6.45, 7) is 4.39. The highest BCUT2D eigenvalue weighted by Crippen LogP contribution is 2.24. The van der Waals surface area contributed by atoms with Gasteiger partial charge in [0.25, 0.3) is 0 Å². The Morgan fingerprint density at radius 1 is 1.19 bits per heavy atom. The van der Waals surface area contributed by atoms with Gasteiger partial charge in [-0.25, -0.2) is 4.39 Å². The van der Waals surface area contributed by atoms with Crippen LogP contribution in [0.3, 0.4) is 0 Å². The van der Waals surface area contributed by atoms with E-state index in [1.807, 2.05) is 41.8 Å². The summed E-state index contributed by atoms with van der Waals surface area (Å²) in [4.78, 5) is 12.1. The number of nitrogens with zero attached hydrogens (tertiary/aromatic N) is 3. The number of amides is 1. The van der Waals surface area contributed by atoms with Gasteiger partial charge in [-0.1, -0.05) is 48.2 Å². The van der Waals surface area contributed by atoms with Crippen molar-refractivity contribution in [1.82, 2.24) is 14.8 Å². The molecule has 2 aromatic carbocycles. The van der Waals surface area contributed by atoms with Crippen LogP contribution >= 0.6 is 11.8 Å². The number of anilines is 1. The molecule has 1 N–H and O–H groups in total. The molecule has 3 rings (SSSR count). The molecule has 0 spiro atoms. The molecule has 7 heteroatoms. The Balaban J connectivity index is 1.67. The molecule has 0 saturated carbocycles. The van der Waals surface area contributed by atoms with Gasteiger partial charge in [0.2, 0.25) is 5.91 Å². The Morgan fingerprint density at radius 2 is 1.96 bits per heavy atom. The van der Waals surface area contributed by atoms with Gasteiger partial charge in [0.05, 0.1) is 5.75 Å². The lowest BCUT2D eigenvalue weighted by atomic mass is 10.2. The number of hydrogen-bond acceptors (Lipinski definition) is 4. The number of aryl methyl sites for hydroxylation is 1. The second kappa shape index (κ2) is 8.14. The molecular weight excluding hydrogens is 351 g/mol. The average molecular weight is 370 g/mol. The third kappa shape index (κ3) is 4.11. The van der Waals surface area contributed by atoms with Crippen LogP contribution in [0.25, 0.3) is 11.4 Å². The summed E-state index contributed by atoms with van der Waals surface area (Å²) in [5, 5.41) is 11.8. The van der Waals surface area contributed by atoms with Crippen LogP contribution in [0.15, 0.2) is 53.7 Å². The molecule has 0 saturated heterocycles. The van der Waals surface area contributed by atoms with Gasteiger partial charge >= 0.3 is 0 Å². The molecule has 134 valence electrons. The fourth-order valence-corrected chi connectivity index (χ4v) is 3.28. The maximum atomic E-state index is 13.6. The van der Waals surface area contributed by atoms with Gasteiger partial charge < -0.3 is 9.88 Å². The zero-order valence-electron chi connectivity index (χ0n) is 14.6. The lowest BCUT2D eigenvalue weighted by molar-refractivity contribution is -0.113. The first kappa shape index (κ1) is 18.1. The van der Waals surface area contributed by atoms with E-state index in [1.54, 1.807) is 19.1 Å². The number of carbonyl (C=O) groups is 1. The Hall–Kier alpha value is -2.67. The third-order valence-electron chi connectivity index (χ3n) is 3.85. The van der Waals surface area contributed by atoms with Gasteiger partial charge in [-0.3, -0.25) is 4.79 Å². The van der Waals surface area contributed by atoms with Crippen LogP contribution in [-0.4, -0.2) is 26.4 Å². The molecule has 26 heavy (non-hydrogen) atoms. The SMILES string of the molecule is CCn1c(SCC(=O)Nc2ccc(C)c(F)c2)nnc1-c1ccccc1. The van der Waals surface area contributed by atoms with Gasteiger partial charge in [-0.2, -0.15) is 0 Å². The zero-order chi connectivity index (χ0) is 18.5. The zero-order valence-corrected chi connectivity index (χ0v) is 15.4. The van der Waals surface area contributed by atoms with E-state index in [-0.39, 0.29) is 17.5 Å². The highest BCUT2D eigenvalue weighted by atomic mass is 32.2. The Labute approximate surface area is 155 Å². The number of thioether (sulfide) groups is 1. The molecule has 0 aliphatic heterocycles. The van der Waals surface area contributed by atoms with Crippen molar-refractivity contribution in [3.05, 3.63) is 59.9 Å². The molecule has 1 heterocycles. The molecule has 0 fully saturated rings. The van der Waals surface area contributed by atoms with E-state index in [2.05, 4.69) is 15.5 Å². The van der Waals surface area contributed by atoms with E-state index in [0.717, 1.165) is 11.4 Å². The highest BCUT2D eigenvalue weighted by Gasteiger charge is 2.14. The van der Waals surface area contributed by atoms with Crippen molar-refractivity contribution < 1.29 is 9.18 Å². The first-order valence-electron chi connectivity index (χ1n) is 8.26. The summed E-state index contributed by atoms with van der Waals surface area (Å²) in [6, 6.07) is 14.4. The fourth-order valence-electron chi connectivity index (χ4n) is 2.48. The summed E-state index contributed by atoms with van der Waals surface area (Å²) in [6.07, 6.45) is 0. The van der Waals surface area contributed by atoms with Crippen LogP contribution in [0.2, 0.25) is 0 Å². The summed E-state index contributed by atoms with van der Waals surface area (Å²) >= 11 is 1.31. The first-order valence-corrected chi connectivity index (χ1v) is 9.24. The normalized spacial score (nSPS) is 10.7. The van der Waals surface area contributed by atoms with E-state index in [9.17, 15) is 9.18 Å². The van der Waals surface area contributed by atoms with Crippen LogP contribution in [-0.2, 0) is 11.3 Å². The quantitative estimate of drug-likeness (QED) is 0.663. The van der Waals surface area contributed by atoms with Crippen LogP contribution in [0.1, 0.15) is 12.5 Å². The molecule has 0 unspecified atom stereocenters. The molecule has 0 aliphatic carbocycles. The minimum atomic E-state index is -0.339. The second-order valence-corrected chi connectivity index (χ2v) is 6.66. The molecule has 1 aromatic heterocycles. The van der Waals surface area contributed by atoms with Crippen molar-refractivity contribution in [3.63, 3.8) is 0 Å². The minimum Gasteiger partial charge on any atom is -0.325 e. The Morgan fingerprint density at radius 3 is 2.65 bits per heavy atom. The van der Waals surface area contributed by atoms with E-state index in [0.29, 0.717) is 23.0 Å². The number of carbonyl (C=O) groups excluding carboxylic acids is 1. The van der Waals surface area contributed by atoms with E-state index in [4.69, 9.17) is 0 Å². The second-order valence-electron chi connectivity index (χ2n) is 5.72. The number of rotatable bonds is 6. The van der Waals surface area contributed by atoms with Crippen molar-refractivity contribution in [3.8, 4) is 11.4 Å². The largest absolute Gasteiger partial charge is 0.325 e. The number of hydrogen-bond donors (Lipinski definition) is 1. The average Bonchev–Trinajstić information content (AvgIpc) is 3.07. The lowest BCUT2D eigenvalue weighted by Gasteiger charge is -2.08. The molecule has 0 bridgehead atoms. The van der Waals surface area contributed by atoms with Crippen LogP contribution in [0, 0.1) is 12.7 Å². The van der Waals surface area contributed by atoms with Crippen LogP contribution in [0.5, 0.6) is 0 Å². The standard InChI is InChI=1S/C19H19FN4OS/c1-3-24-18(14-7-5-4-6-8-14)22-23-19(24)26-12-17(25)21-15-10-9-13(2)16(20)11-15/h4-11H,3,12H2,1-2H3,(H,21,25). The van der Waals surface area contributed by atoms with Crippen molar-refractivity contribution in [1.29, 1.82) is 0 Å².